The minimum Gasteiger partial charge on any atom is -0.383 e. The second-order valence-corrected chi connectivity index (χ2v) is 3.08. The van der Waals surface area contributed by atoms with Crippen LogP contribution in [-0.2, 0) is 0 Å². The summed E-state index contributed by atoms with van der Waals surface area (Å²) in [7, 11) is 0. The molecule has 76 valence electrons. The highest BCUT2D eigenvalue weighted by Crippen LogP contribution is 2.33. The highest BCUT2D eigenvalue weighted by molar-refractivity contribution is 6.68. The van der Waals surface area contributed by atoms with Crippen molar-refractivity contribution >= 4 is 34.3 Å². The topological polar surface area (TPSA) is 56.0 Å². The standard InChI is InChI=1S/C7H4Cl2F2N2O/c8-4-2(5(9)14)1-13-7(12)3(4)6(10)11/h1,6H,(H2,12,13). The van der Waals surface area contributed by atoms with Crippen molar-refractivity contribution in [3.8, 4) is 0 Å². The lowest BCUT2D eigenvalue weighted by Crippen LogP contribution is -2.03. The number of rotatable bonds is 2. The monoisotopic (exact) mass is 240 g/mol. The van der Waals surface area contributed by atoms with Crippen LogP contribution in [0.2, 0.25) is 5.02 Å². The van der Waals surface area contributed by atoms with Crippen molar-refractivity contribution in [1.29, 1.82) is 0 Å². The second-order valence-electron chi connectivity index (χ2n) is 2.36. The lowest BCUT2D eigenvalue weighted by Gasteiger charge is -2.07. The molecule has 0 saturated carbocycles. The molecular weight excluding hydrogens is 237 g/mol. The zero-order valence-electron chi connectivity index (χ0n) is 6.60. The molecule has 0 amide bonds. The lowest BCUT2D eigenvalue weighted by atomic mass is 10.2. The number of halogens is 4. The Bertz CT molecular complexity index is 384. The molecule has 2 N–H and O–H groups in total. The van der Waals surface area contributed by atoms with Gasteiger partial charge in [0.25, 0.3) is 11.7 Å². The summed E-state index contributed by atoms with van der Waals surface area (Å²) in [4.78, 5) is 14.1. The maximum Gasteiger partial charge on any atom is 0.268 e. The zero-order valence-corrected chi connectivity index (χ0v) is 8.11. The van der Waals surface area contributed by atoms with Gasteiger partial charge >= 0.3 is 0 Å². The van der Waals surface area contributed by atoms with Gasteiger partial charge in [-0.05, 0) is 11.6 Å². The second kappa shape index (κ2) is 4.06. The predicted octanol–water partition coefficient (Wildman–Crippen LogP) is 2.63. The summed E-state index contributed by atoms with van der Waals surface area (Å²) >= 11 is 10.6. The Morgan fingerprint density at radius 3 is 2.57 bits per heavy atom. The maximum atomic E-state index is 12.4. The number of carbonyl (C=O) groups excluding carboxylic acids is 1. The maximum absolute atomic E-state index is 12.4. The first-order valence-electron chi connectivity index (χ1n) is 3.37. The summed E-state index contributed by atoms with van der Waals surface area (Å²) in [5.41, 5.74) is 4.21. The molecule has 0 aromatic carbocycles. The number of nitrogens with zero attached hydrogens (tertiary/aromatic N) is 1. The first-order chi connectivity index (χ1) is 6.45. The van der Waals surface area contributed by atoms with Crippen molar-refractivity contribution < 1.29 is 13.6 Å². The van der Waals surface area contributed by atoms with Gasteiger partial charge < -0.3 is 5.73 Å². The molecule has 1 aromatic rings. The normalized spacial score (nSPS) is 10.6. The summed E-state index contributed by atoms with van der Waals surface area (Å²) in [5, 5.41) is -1.41. The third kappa shape index (κ3) is 1.93. The number of aromatic nitrogens is 1. The predicted molar refractivity (Wildman–Crippen MR) is 48.8 cm³/mol. The Kier molecular flexibility index (Phi) is 3.23. The van der Waals surface area contributed by atoms with E-state index in [-0.39, 0.29) is 5.56 Å². The number of nitrogens with two attached hydrogens (primary N) is 1. The first kappa shape index (κ1) is 11.1. The molecule has 0 fully saturated rings. The highest BCUT2D eigenvalue weighted by Gasteiger charge is 2.21. The van der Waals surface area contributed by atoms with E-state index in [4.69, 9.17) is 28.9 Å². The van der Waals surface area contributed by atoms with Crippen molar-refractivity contribution in [2.45, 2.75) is 6.43 Å². The Labute approximate surface area is 87.8 Å². The zero-order chi connectivity index (χ0) is 10.9. The molecule has 0 aliphatic carbocycles. The number of pyridine rings is 1. The smallest absolute Gasteiger partial charge is 0.268 e. The van der Waals surface area contributed by atoms with Crippen LogP contribution in [0.4, 0.5) is 14.6 Å². The summed E-state index contributed by atoms with van der Waals surface area (Å²) in [6.07, 6.45) is -1.94. The van der Waals surface area contributed by atoms with E-state index >= 15 is 0 Å². The van der Waals surface area contributed by atoms with Crippen molar-refractivity contribution in [2.75, 3.05) is 5.73 Å². The third-order valence-corrected chi connectivity index (χ3v) is 2.12. The fourth-order valence-corrected chi connectivity index (χ4v) is 1.37. The van der Waals surface area contributed by atoms with Gasteiger partial charge in [0, 0.05) is 6.20 Å². The lowest BCUT2D eigenvalue weighted by molar-refractivity contribution is 0.108. The number of alkyl halides is 2. The van der Waals surface area contributed by atoms with Crippen LogP contribution in [0.3, 0.4) is 0 Å². The fourth-order valence-electron chi connectivity index (χ4n) is 0.862. The van der Waals surface area contributed by atoms with Gasteiger partial charge in [0.15, 0.2) is 0 Å². The van der Waals surface area contributed by atoms with Crippen LogP contribution in [-0.4, -0.2) is 10.2 Å². The molecule has 0 radical (unpaired) electrons. The summed E-state index contributed by atoms with van der Waals surface area (Å²) < 4.78 is 24.7. The quantitative estimate of drug-likeness (QED) is 0.809. The minimum atomic E-state index is -2.90. The van der Waals surface area contributed by atoms with E-state index in [2.05, 4.69) is 4.98 Å². The van der Waals surface area contributed by atoms with E-state index in [9.17, 15) is 13.6 Å². The molecule has 14 heavy (non-hydrogen) atoms. The van der Waals surface area contributed by atoms with E-state index in [1.165, 1.54) is 0 Å². The fraction of sp³-hybridized carbons (Fsp3) is 0.143. The molecule has 0 saturated heterocycles. The molecule has 1 aromatic heterocycles. The van der Waals surface area contributed by atoms with Gasteiger partial charge in [0.1, 0.15) is 5.82 Å². The van der Waals surface area contributed by atoms with Gasteiger partial charge in [-0.1, -0.05) is 11.6 Å². The number of hydrogen-bond acceptors (Lipinski definition) is 3. The van der Waals surface area contributed by atoms with E-state index in [1.54, 1.807) is 0 Å². The largest absolute Gasteiger partial charge is 0.383 e. The molecule has 0 aliphatic heterocycles. The van der Waals surface area contributed by atoms with E-state index in [1.807, 2.05) is 0 Å². The summed E-state index contributed by atoms with van der Waals surface area (Å²) in [6.45, 7) is 0. The summed E-state index contributed by atoms with van der Waals surface area (Å²) in [6, 6.07) is 0. The number of nitrogen functional groups attached to an aromatic ring is 1. The average Bonchev–Trinajstić information content (AvgIpc) is 2.02. The number of anilines is 1. The molecule has 7 heteroatoms. The molecule has 1 rings (SSSR count). The van der Waals surface area contributed by atoms with Crippen LogP contribution in [0.1, 0.15) is 22.3 Å². The molecule has 0 bridgehead atoms. The van der Waals surface area contributed by atoms with Crippen LogP contribution >= 0.6 is 23.2 Å². The van der Waals surface area contributed by atoms with Crippen molar-refractivity contribution in [3.05, 3.63) is 22.3 Å². The summed E-state index contributed by atoms with van der Waals surface area (Å²) in [5.74, 6) is -0.410. The third-order valence-electron chi connectivity index (χ3n) is 1.51. The Morgan fingerprint density at radius 2 is 2.14 bits per heavy atom. The van der Waals surface area contributed by atoms with Crippen LogP contribution < -0.4 is 5.73 Å². The van der Waals surface area contributed by atoms with Crippen molar-refractivity contribution in [3.63, 3.8) is 0 Å². The molecule has 1 heterocycles. The van der Waals surface area contributed by atoms with Crippen molar-refractivity contribution in [1.82, 2.24) is 4.98 Å². The van der Waals surface area contributed by atoms with Gasteiger partial charge in [-0.15, -0.1) is 0 Å². The van der Waals surface area contributed by atoms with Gasteiger partial charge in [-0.25, -0.2) is 13.8 Å². The Hall–Kier alpha value is -0.940. The molecule has 0 aliphatic rings. The molecule has 3 nitrogen and oxygen atoms in total. The van der Waals surface area contributed by atoms with E-state index in [0.717, 1.165) is 6.20 Å². The molecule has 0 spiro atoms. The van der Waals surface area contributed by atoms with Gasteiger partial charge in [-0.3, -0.25) is 4.79 Å². The number of carbonyl (C=O) groups is 1. The van der Waals surface area contributed by atoms with Gasteiger partial charge in [0.2, 0.25) is 0 Å². The van der Waals surface area contributed by atoms with Gasteiger partial charge in [-0.2, -0.15) is 0 Å². The minimum absolute atomic E-state index is 0.280. The van der Waals surface area contributed by atoms with E-state index in [0.29, 0.717) is 0 Å². The van der Waals surface area contributed by atoms with Crippen LogP contribution in [0.15, 0.2) is 6.20 Å². The SMILES string of the molecule is Nc1ncc(C(=O)Cl)c(Cl)c1C(F)F. The Morgan fingerprint density at radius 1 is 1.57 bits per heavy atom. The Balaban J connectivity index is 3.41. The van der Waals surface area contributed by atoms with E-state index < -0.39 is 28.1 Å². The first-order valence-corrected chi connectivity index (χ1v) is 4.12. The number of hydrogen-bond donors (Lipinski definition) is 1. The molecular formula is C7H4Cl2F2N2O. The van der Waals surface area contributed by atoms with Crippen LogP contribution in [0, 0.1) is 0 Å². The van der Waals surface area contributed by atoms with Crippen LogP contribution in [0.25, 0.3) is 0 Å². The van der Waals surface area contributed by atoms with Crippen LogP contribution in [0.5, 0.6) is 0 Å². The average molecular weight is 241 g/mol. The van der Waals surface area contributed by atoms with Gasteiger partial charge in [0.05, 0.1) is 16.1 Å². The van der Waals surface area contributed by atoms with Crippen molar-refractivity contribution in [2.24, 2.45) is 0 Å². The molecule has 0 unspecified atom stereocenters. The molecule has 0 atom stereocenters. The highest BCUT2D eigenvalue weighted by atomic mass is 35.5.